The van der Waals surface area contributed by atoms with E-state index in [9.17, 15) is 18.3 Å². The van der Waals surface area contributed by atoms with Gasteiger partial charge in [-0.3, -0.25) is 0 Å². The first kappa shape index (κ1) is 22.5. The van der Waals surface area contributed by atoms with Crippen LogP contribution in [0.15, 0.2) is 89.8 Å². The van der Waals surface area contributed by atoms with Crippen LogP contribution >= 0.6 is 0 Å². The van der Waals surface area contributed by atoms with Crippen molar-refractivity contribution < 1.29 is 23.1 Å². The number of benzene rings is 4. The van der Waals surface area contributed by atoms with E-state index >= 15 is 0 Å². The van der Waals surface area contributed by atoms with Gasteiger partial charge in [0.1, 0.15) is 5.75 Å². The average Bonchev–Trinajstić information content (AvgIpc) is 3.24. The third-order valence-electron chi connectivity index (χ3n) is 5.93. The lowest BCUT2D eigenvalue weighted by Crippen LogP contribution is -2.28. The van der Waals surface area contributed by atoms with Gasteiger partial charge in [0.05, 0.1) is 23.4 Å². The molecule has 5 rings (SSSR count). The maximum absolute atomic E-state index is 14.3. The fourth-order valence-corrected chi connectivity index (χ4v) is 5.76. The number of hydrogen-bond donors (Lipinski definition) is 2. The normalized spacial score (nSPS) is 11.6. The molecule has 0 saturated carbocycles. The summed E-state index contributed by atoms with van der Waals surface area (Å²) in [4.78, 5) is 15.9. The number of aryl methyl sites for hydroxylation is 1. The van der Waals surface area contributed by atoms with Gasteiger partial charge in [0.2, 0.25) is 0 Å². The number of phenolic OH excluding ortho intramolecular Hbond substituents is 1. The number of aromatic amines is 1. The smallest absolute Gasteiger partial charge is 0.356 e. The van der Waals surface area contributed by atoms with Gasteiger partial charge in [-0.2, -0.15) is 0 Å². The number of aromatic nitrogens is 1. The summed E-state index contributed by atoms with van der Waals surface area (Å²) in [7, 11) is -2.99. The average molecular weight is 487 g/mol. The molecule has 0 unspecified atom stereocenters. The summed E-state index contributed by atoms with van der Waals surface area (Å²) < 4.78 is 34.7. The summed E-state index contributed by atoms with van der Waals surface area (Å²) in [5, 5.41) is 12.0. The van der Waals surface area contributed by atoms with Crippen molar-refractivity contribution in [1.82, 2.24) is 4.98 Å². The van der Waals surface area contributed by atoms with Crippen LogP contribution in [0.25, 0.3) is 21.7 Å². The Balaban J connectivity index is 1.92. The molecule has 0 amide bonds. The Kier molecular flexibility index (Phi) is 5.45. The summed E-state index contributed by atoms with van der Waals surface area (Å²) in [6.07, 6.45) is 0. The largest absolute Gasteiger partial charge is 0.507 e. The lowest BCUT2D eigenvalue weighted by atomic mass is 10.1. The fraction of sp³-hybridized carbons (Fsp3) is 0.0741. The fourth-order valence-electron chi connectivity index (χ4n) is 4.22. The van der Waals surface area contributed by atoms with Crippen molar-refractivity contribution in [1.29, 1.82) is 0 Å². The lowest BCUT2D eigenvalue weighted by molar-refractivity contribution is 0.0596. The van der Waals surface area contributed by atoms with E-state index in [1.54, 1.807) is 60.7 Å². The third-order valence-corrected chi connectivity index (χ3v) is 7.66. The number of anilines is 2. The Bertz CT molecular complexity index is 1690. The van der Waals surface area contributed by atoms with E-state index in [-0.39, 0.29) is 27.7 Å². The molecule has 0 saturated heterocycles. The van der Waals surface area contributed by atoms with Crippen LogP contribution in [0.3, 0.4) is 0 Å². The molecule has 0 spiro atoms. The summed E-state index contributed by atoms with van der Waals surface area (Å²) in [6.45, 7) is 1.87. The molecule has 7 nitrogen and oxygen atoms in total. The highest BCUT2D eigenvalue weighted by molar-refractivity contribution is 7.93. The number of fused-ring (bicyclic) bond motifs is 2. The second kappa shape index (κ2) is 8.48. The molecule has 0 aliphatic rings. The van der Waals surface area contributed by atoms with Crippen LogP contribution in [-0.2, 0) is 14.8 Å². The molecule has 1 heterocycles. The van der Waals surface area contributed by atoms with E-state index in [4.69, 9.17) is 4.74 Å². The van der Waals surface area contributed by atoms with Crippen molar-refractivity contribution in [3.63, 3.8) is 0 Å². The molecular formula is C27H22N2O5S. The van der Waals surface area contributed by atoms with E-state index < -0.39 is 16.0 Å². The van der Waals surface area contributed by atoms with Gasteiger partial charge in [-0.05, 0) is 37.3 Å². The molecular weight excluding hydrogens is 464 g/mol. The van der Waals surface area contributed by atoms with Crippen molar-refractivity contribution in [2.45, 2.75) is 11.8 Å². The van der Waals surface area contributed by atoms with Gasteiger partial charge in [0, 0.05) is 21.7 Å². The van der Waals surface area contributed by atoms with Crippen molar-refractivity contribution in [3.05, 3.63) is 96.2 Å². The maximum Gasteiger partial charge on any atom is 0.356 e. The Labute approximate surface area is 202 Å². The van der Waals surface area contributed by atoms with Crippen LogP contribution in [0.4, 0.5) is 11.4 Å². The number of para-hydroxylation sites is 1. The van der Waals surface area contributed by atoms with Crippen LogP contribution in [0, 0.1) is 6.92 Å². The molecule has 1 aromatic heterocycles. The zero-order chi connectivity index (χ0) is 24.7. The van der Waals surface area contributed by atoms with Crippen LogP contribution in [0.1, 0.15) is 16.1 Å². The number of hydrogen-bond acceptors (Lipinski definition) is 5. The van der Waals surface area contributed by atoms with E-state index in [2.05, 4.69) is 4.98 Å². The van der Waals surface area contributed by atoms with E-state index in [0.717, 1.165) is 9.87 Å². The van der Waals surface area contributed by atoms with E-state index in [1.165, 1.54) is 31.4 Å². The van der Waals surface area contributed by atoms with Crippen LogP contribution in [-0.4, -0.2) is 31.6 Å². The molecule has 2 N–H and O–H groups in total. The first-order valence-electron chi connectivity index (χ1n) is 10.8. The lowest BCUT2D eigenvalue weighted by Gasteiger charge is -2.26. The zero-order valence-electron chi connectivity index (χ0n) is 19.0. The minimum absolute atomic E-state index is 0.00143. The number of nitrogens with one attached hydrogen (secondary N) is 1. The molecule has 0 fully saturated rings. The Morgan fingerprint density at radius 1 is 0.857 bits per heavy atom. The predicted octanol–water partition coefficient (Wildman–Crippen LogP) is 5.65. The molecule has 0 aliphatic heterocycles. The number of aromatic hydroxyl groups is 1. The first-order valence-corrected chi connectivity index (χ1v) is 12.3. The standard InChI is InChI=1S/C27H22N2O5S/c1-17-11-13-18(14-12-17)35(32,33)29(23-15-16-24(30)20-8-4-3-7-19(20)23)26-21-9-5-6-10-22(21)28-25(26)27(31)34-2/h3-16,28,30H,1-2H3. The molecule has 0 aliphatic carbocycles. The van der Waals surface area contributed by atoms with Crippen LogP contribution < -0.4 is 4.31 Å². The van der Waals surface area contributed by atoms with Gasteiger partial charge in [0.25, 0.3) is 10.0 Å². The highest BCUT2D eigenvalue weighted by Crippen LogP contribution is 2.44. The topological polar surface area (TPSA) is 99.7 Å². The van der Waals surface area contributed by atoms with Crippen molar-refractivity contribution >= 4 is 49.0 Å². The Hall–Kier alpha value is -4.30. The van der Waals surface area contributed by atoms with Crippen LogP contribution in [0.2, 0.25) is 0 Å². The number of ether oxygens (including phenoxy) is 1. The van der Waals surface area contributed by atoms with Crippen LogP contribution in [0.5, 0.6) is 5.75 Å². The molecule has 8 heteroatoms. The number of esters is 1. The van der Waals surface area contributed by atoms with E-state index in [0.29, 0.717) is 21.7 Å². The number of carbonyl (C=O) groups is 1. The van der Waals surface area contributed by atoms with Gasteiger partial charge in [-0.1, -0.05) is 60.2 Å². The number of H-pyrrole nitrogens is 1. The second-order valence-electron chi connectivity index (χ2n) is 8.12. The molecule has 4 aromatic carbocycles. The Morgan fingerprint density at radius 3 is 2.17 bits per heavy atom. The van der Waals surface area contributed by atoms with E-state index in [1.807, 2.05) is 6.92 Å². The SMILES string of the molecule is COC(=O)c1[nH]c2ccccc2c1N(c1ccc(O)c2ccccc12)S(=O)(=O)c1ccc(C)cc1. The van der Waals surface area contributed by atoms with Gasteiger partial charge < -0.3 is 14.8 Å². The monoisotopic (exact) mass is 486 g/mol. The number of nitrogens with zero attached hydrogens (tertiary/aromatic N) is 1. The highest BCUT2D eigenvalue weighted by atomic mass is 32.2. The molecule has 0 radical (unpaired) electrons. The number of carbonyl (C=O) groups excluding carboxylic acids is 1. The molecule has 0 atom stereocenters. The minimum Gasteiger partial charge on any atom is -0.507 e. The van der Waals surface area contributed by atoms with Gasteiger partial charge in [-0.25, -0.2) is 17.5 Å². The summed E-state index contributed by atoms with van der Waals surface area (Å²) >= 11 is 0. The first-order chi connectivity index (χ1) is 16.8. The second-order valence-corrected chi connectivity index (χ2v) is 9.90. The minimum atomic E-state index is -4.23. The maximum atomic E-state index is 14.3. The van der Waals surface area contributed by atoms with Gasteiger partial charge in [0.15, 0.2) is 5.69 Å². The highest BCUT2D eigenvalue weighted by Gasteiger charge is 2.34. The van der Waals surface area contributed by atoms with Crippen molar-refractivity contribution in [2.75, 3.05) is 11.4 Å². The Morgan fingerprint density at radius 2 is 1.49 bits per heavy atom. The van der Waals surface area contributed by atoms with Gasteiger partial charge in [-0.15, -0.1) is 0 Å². The summed E-state index contributed by atoms with van der Waals surface area (Å²) in [5.41, 5.74) is 1.92. The number of phenols is 1. The molecule has 5 aromatic rings. The quantitative estimate of drug-likeness (QED) is 0.313. The zero-order valence-corrected chi connectivity index (χ0v) is 19.8. The predicted molar refractivity (Wildman–Crippen MR) is 136 cm³/mol. The summed E-state index contributed by atoms with van der Waals surface area (Å²) in [5.74, 6) is -0.687. The van der Waals surface area contributed by atoms with Gasteiger partial charge >= 0.3 is 5.97 Å². The summed E-state index contributed by atoms with van der Waals surface area (Å²) in [6, 6.07) is 23.5. The molecule has 0 bridgehead atoms. The van der Waals surface area contributed by atoms with Crippen molar-refractivity contribution in [2.24, 2.45) is 0 Å². The number of rotatable bonds is 5. The van der Waals surface area contributed by atoms with Crippen molar-refractivity contribution in [3.8, 4) is 5.75 Å². The molecule has 176 valence electrons. The third kappa shape index (κ3) is 3.68. The number of sulfonamides is 1. The molecule has 35 heavy (non-hydrogen) atoms. The number of methoxy groups -OCH3 is 1.